The van der Waals surface area contributed by atoms with E-state index >= 15 is 0 Å². The van der Waals surface area contributed by atoms with Crippen LogP contribution in [0.3, 0.4) is 0 Å². The van der Waals surface area contributed by atoms with Crippen molar-refractivity contribution in [2.24, 2.45) is 5.92 Å². The summed E-state index contributed by atoms with van der Waals surface area (Å²) >= 11 is 0. The van der Waals surface area contributed by atoms with E-state index in [0.29, 0.717) is 0 Å². The van der Waals surface area contributed by atoms with E-state index in [-0.39, 0.29) is 0 Å². The molecule has 100 valence electrons. The van der Waals surface area contributed by atoms with Crippen molar-refractivity contribution in [3.05, 3.63) is 28.8 Å². The average Bonchev–Trinajstić information content (AvgIpc) is 2.28. The van der Waals surface area contributed by atoms with Gasteiger partial charge in [0, 0.05) is 19.3 Å². The summed E-state index contributed by atoms with van der Waals surface area (Å²) < 4.78 is 0. The monoisotopic (exact) mass is 246 g/mol. The molecule has 1 fully saturated rings. The average molecular weight is 246 g/mol. The highest BCUT2D eigenvalue weighted by Crippen LogP contribution is 2.27. The van der Waals surface area contributed by atoms with E-state index in [1.54, 1.807) is 0 Å². The molecule has 2 rings (SSSR count). The molecule has 0 saturated carbocycles. The molecule has 1 N–H and O–H groups in total. The lowest BCUT2D eigenvalue weighted by Gasteiger charge is -2.31. The van der Waals surface area contributed by atoms with E-state index in [1.807, 2.05) is 0 Å². The van der Waals surface area contributed by atoms with Gasteiger partial charge in [-0.1, -0.05) is 17.7 Å². The maximum atomic E-state index is 3.44. The quantitative estimate of drug-likeness (QED) is 0.882. The van der Waals surface area contributed by atoms with Gasteiger partial charge < -0.3 is 10.2 Å². The van der Waals surface area contributed by atoms with Gasteiger partial charge in [0.1, 0.15) is 0 Å². The summed E-state index contributed by atoms with van der Waals surface area (Å²) in [6.07, 6.45) is 2.63. The number of aryl methyl sites for hydroxylation is 3. The second-order valence-corrected chi connectivity index (χ2v) is 5.82. The Balaban J connectivity index is 2.10. The summed E-state index contributed by atoms with van der Waals surface area (Å²) in [4.78, 5) is 2.46. The molecular formula is C16H26N2. The number of hydrogen-bond acceptors (Lipinski definition) is 2. The fourth-order valence-electron chi connectivity index (χ4n) is 3.32. The van der Waals surface area contributed by atoms with Crippen LogP contribution in [-0.2, 0) is 0 Å². The van der Waals surface area contributed by atoms with Gasteiger partial charge in [0.05, 0.1) is 0 Å². The van der Waals surface area contributed by atoms with Gasteiger partial charge in [-0.05, 0) is 63.7 Å². The third-order valence-corrected chi connectivity index (χ3v) is 4.01. The van der Waals surface area contributed by atoms with Crippen LogP contribution in [0.4, 0.5) is 5.69 Å². The largest absolute Gasteiger partial charge is 0.374 e. The van der Waals surface area contributed by atoms with Crippen molar-refractivity contribution in [1.82, 2.24) is 5.32 Å². The highest BCUT2D eigenvalue weighted by molar-refractivity contribution is 5.59. The first kappa shape index (κ1) is 13.4. The van der Waals surface area contributed by atoms with Crippen molar-refractivity contribution in [2.45, 2.75) is 33.6 Å². The zero-order valence-corrected chi connectivity index (χ0v) is 12.2. The van der Waals surface area contributed by atoms with Crippen molar-refractivity contribution in [2.75, 3.05) is 31.6 Å². The molecule has 1 heterocycles. The van der Waals surface area contributed by atoms with Gasteiger partial charge in [0.25, 0.3) is 0 Å². The summed E-state index contributed by atoms with van der Waals surface area (Å²) in [6, 6.07) is 4.59. The van der Waals surface area contributed by atoms with Gasteiger partial charge in [0.2, 0.25) is 0 Å². The number of anilines is 1. The van der Waals surface area contributed by atoms with E-state index in [9.17, 15) is 0 Å². The predicted molar refractivity (Wildman–Crippen MR) is 79.5 cm³/mol. The number of nitrogens with one attached hydrogen (secondary N) is 1. The van der Waals surface area contributed by atoms with Crippen molar-refractivity contribution < 1.29 is 0 Å². The molecule has 1 aliphatic heterocycles. The second kappa shape index (κ2) is 5.75. The summed E-state index contributed by atoms with van der Waals surface area (Å²) in [5.41, 5.74) is 5.61. The van der Waals surface area contributed by atoms with Crippen molar-refractivity contribution in [3.8, 4) is 0 Å². The molecule has 0 atom stereocenters. The van der Waals surface area contributed by atoms with Crippen LogP contribution >= 0.6 is 0 Å². The lowest BCUT2D eigenvalue weighted by atomic mass is 9.96. The molecule has 0 aliphatic carbocycles. The molecular weight excluding hydrogens is 220 g/mol. The zero-order valence-electron chi connectivity index (χ0n) is 12.2. The van der Waals surface area contributed by atoms with Gasteiger partial charge in [-0.25, -0.2) is 0 Å². The zero-order chi connectivity index (χ0) is 13.1. The van der Waals surface area contributed by atoms with E-state index in [1.165, 1.54) is 54.9 Å². The van der Waals surface area contributed by atoms with Crippen molar-refractivity contribution >= 4 is 5.69 Å². The minimum atomic E-state index is 0.844. The maximum Gasteiger partial charge on any atom is 0.0423 e. The normalized spacial score (nSPS) is 16.9. The second-order valence-electron chi connectivity index (χ2n) is 5.82. The standard InChI is InChI=1S/C16H26N2/c1-12-9-13(2)16(14(3)10-12)18(4)11-15-5-7-17-8-6-15/h9-10,15,17H,5-8,11H2,1-4H3. The Morgan fingerprint density at radius 3 is 2.22 bits per heavy atom. The molecule has 0 aromatic heterocycles. The molecule has 1 saturated heterocycles. The van der Waals surface area contributed by atoms with E-state index in [4.69, 9.17) is 0 Å². The van der Waals surface area contributed by atoms with Crippen LogP contribution in [-0.4, -0.2) is 26.7 Å². The SMILES string of the molecule is Cc1cc(C)c(N(C)CC2CCNCC2)c(C)c1. The fraction of sp³-hybridized carbons (Fsp3) is 0.625. The Labute approximate surface area is 111 Å². The molecule has 0 unspecified atom stereocenters. The molecule has 1 aromatic rings. The van der Waals surface area contributed by atoms with Crippen LogP contribution in [0.15, 0.2) is 12.1 Å². The van der Waals surface area contributed by atoms with Gasteiger partial charge >= 0.3 is 0 Å². The van der Waals surface area contributed by atoms with Crippen molar-refractivity contribution in [1.29, 1.82) is 0 Å². The first-order chi connectivity index (χ1) is 8.58. The van der Waals surface area contributed by atoms with E-state index in [2.05, 4.69) is 50.2 Å². The van der Waals surface area contributed by atoms with Crippen LogP contribution in [0, 0.1) is 26.7 Å². The fourth-order valence-corrected chi connectivity index (χ4v) is 3.32. The minimum Gasteiger partial charge on any atom is -0.374 e. The van der Waals surface area contributed by atoms with Gasteiger partial charge in [-0.15, -0.1) is 0 Å². The lowest BCUT2D eigenvalue weighted by Crippen LogP contribution is -2.35. The van der Waals surface area contributed by atoms with Crippen molar-refractivity contribution in [3.63, 3.8) is 0 Å². The Morgan fingerprint density at radius 2 is 1.67 bits per heavy atom. The number of hydrogen-bond donors (Lipinski definition) is 1. The predicted octanol–water partition coefficient (Wildman–Crippen LogP) is 3.05. The van der Waals surface area contributed by atoms with Crippen LogP contribution < -0.4 is 10.2 Å². The Morgan fingerprint density at radius 1 is 1.11 bits per heavy atom. The van der Waals surface area contributed by atoms with Crippen LogP contribution in [0.1, 0.15) is 29.5 Å². The Hall–Kier alpha value is -1.02. The number of benzene rings is 1. The highest BCUT2D eigenvalue weighted by Gasteiger charge is 2.17. The van der Waals surface area contributed by atoms with Crippen LogP contribution in [0.2, 0.25) is 0 Å². The summed E-state index contributed by atoms with van der Waals surface area (Å²) in [5.74, 6) is 0.844. The molecule has 2 heteroatoms. The number of rotatable bonds is 3. The molecule has 1 aliphatic rings. The van der Waals surface area contributed by atoms with E-state index < -0.39 is 0 Å². The summed E-state index contributed by atoms with van der Waals surface area (Å²) in [5, 5.41) is 3.44. The maximum absolute atomic E-state index is 3.44. The molecule has 0 amide bonds. The van der Waals surface area contributed by atoms with Gasteiger partial charge in [-0.2, -0.15) is 0 Å². The Kier molecular flexibility index (Phi) is 4.28. The smallest absolute Gasteiger partial charge is 0.0423 e. The van der Waals surface area contributed by atoms with E-state index in [0.717, 1.165) is 5.92 Å². The molecule has 0 radical (unpaired) electrons. The molecule has 2 nitrogen and oxygen atoms in total. The summed E-state index contributed by atoms with van der Waals surface area (Å²) in [6.45, 7) is 10.2. The topological polar surface area (TPSA) is 15.3 Å². The van der Waals surface area contributed by atoms with Gasteiger partial charge in [0.15, 0.2) is 0 Å². The number of nitrogens with zero attached hydrogens (tertiary/aromatic N) is 1. The third kappa shape index (κ3) is 3.05. The highest BCUT2D eigenvalue weighted by atomic mass is 15.1. The minimum absolute atomic E-state index is 0.844. The van der Waals surface area contributed by atoms with Gasteiger partial charge in [-0.3, -0.25) is 0 Å². The lowest BCUT2D eigenvalue weighted by molar-refractivity contribution is 0.378. The first-order valence-corrected chi connectivity index (χ1v) is 7.07. The van der Waals surface area contributed by atoms with Crippen LogP contribution in [0.5, 0.6) is 0 Å². The Bertz CT molecular complexity index is 383. The first-order valence-electron chi connectivity index (χ1n) is 7.07. The summed E-state index contributed by atoms with van der Waals surface area (Å²) in [7, 11) is 2.24. The number of piperidine rings is 1. The molecule has 0 bridgehead atoms. The third-order valence-electron chi connectivity index (χ3n) is 4.01. The molecule has 1 aromatic carbocycles. The molecule has 18 heavy (non-hydrogen) atoms. The molecule has 0 spiro atoms. The van der Waals surface area contributed by atoms with Crippen LogP contribution in [0.25, 0.3) is 0 Å².